The normalized spacial score (nSPS) is 12.0. The number of hydrogen-bond donors (Lipinski definition) is 1. The highest BCUT2D eigenvalue weighted by molar-refractivity contribution is 5.75. The number of rotatable bonds is 8. The van der Waals surface area contributed by atoms with E-state index in [4.69, 9.17) is 4.42 Å². The Hall–Kier alpha value is -2.82. The first-order valence-corrected chi connectivity index (χ1v) is 8.16. The van der Waals surface area contributed by atoms with Crippen LogP contribution in [0.4, 0.5) is 0 Å². The fourth-order valence-corrected chi connectivity index (χ4v) is 2.67. The quantitative estimate of drug-likeness (QED) is 0.692. The summed E-state index contributed by atoms with van der Waals surface area (Å²) in [6.07, 6.45) is 7.48. The number of amides is 1. The van der Waals surface area contributed by atoms with Gasteiger partial charge in [0.1, 0.15) is 11.8 Å². The fourth-order valence-electron chi connectivity index (χ4n) is 2.67. The number of aryl methyl sites for hydroxylation is 1. The van der Waals surface area contributed by atoms with Crippen molar-refractivity contribution in [3.05, 3.63) is 78.5 Å². The third kappa shape index (κ3) is 4.35. The largest absolute Gasteiger partial charge is 0.467 e. The van der Waals surface area contributed by atoms with Crippen LogP contribution < -0.4 is 5.32 Å². The molecule has 0 spiro atoms. The maximum absolute atomic E-state index is 12.1. The van der Waals surface area contributed by atoms with Crippen LogP contribution >= 0.6 is 0 Å². The van der Waals surface area contributed by atoms with Gasteiger partial charge in [0.05, 0.1) is 6.26 Å². The third-order valence-corrected chi connectivity index (χ3v) is 3.92. The number of hydrogen-bond acceptors (Lipinski definition) is 3. The molecular formula is C19H21N3O2. The molecule has 0 bridgehead atoms. The Morgan fingerprint density at radius 1 is 1.17 bits per heavy atom. The fraction of sp³-hybridized carbons (Fsp3) is 0.263. The summed E-state index contributed by atoms with van der Waals surface area (Å²) in [6.45, 7) is 0.458. The number of aromatic nitrogens is 2. The summed E-state index contributed by atoms with van der Waals surface area (Å²) in [5, 5.41) is 7.24. The van der Waals surface area contributed by atoms with Crippen LogP contribution in [-0.2, 0) is 11.2 Å². The summed E-state index contributed by atoms with van der Waals surface area (Å²) in [6, 6.07) is 15.7. The molecule has 0 saturated carbocycles. The van der Waals surface area contributed by atoms with Crippen LogP contribution in [0.3, 0.4) is 0 Å². The van der Waals surface area contributed by atoms with Gasteiger partial charge in [-0.2, -0.15) is 5.10 Å². The van der Waals surface area contributed by atoms with Crippen LogP contribution in [0.2, 0.25) is 0 Å². The zero-order chi connectivity index (χ0) is 16.6. The Morgan fingerprint density at radius 2 is 2.04 bits per heavy atom. The van der Waals surface area contributed by atoms with Crippen LogP contribution in [0, 0.1) is 0 Å². The van der Waals surface area contributed by atoms with E-state index in [1.54, 1.807) is 17.1 Å². The molecule has 124 valence electrons. The molecule has 0 radical (unpaired) electrons. The maximum atomic E-state index is 12.1. The van der Waals surface area contributed by atoms with Gasteiger partial charge in [-0.3, -0.25) is 9.48 Å². The number of nitrogens with zero attached hydrogens (tertiary/aromatic N) is 2. The van der Waals surface area contributed by atoms with Crippen molar-refractivity contribution < 1.29 is 9.21 Å². The van der Waals surface area contributed by atoms with Gasteiger partial charge in [0.25, 0.3) is 0 Å². The van der Waals surface area contributed by atoms with E-state index in [1.165, 1.54) is 5.56 Å². The van der Waals surface area contributed by atoms with Gasteiger partial charge in [-0.25, -0.2) is 0 Å². The van der Waals surface area contributed by atoms with Gasteiger partial charge in [0, 0.05) is 25.4 Å². The molecule has 1 atom stereocenters. The SMILES string of the molecule is O=C(CCCc1ccccc1)NCC(c1ccco1)n1cccn1. The van der Waals surface area contributed by atoms with Crippen molar-refractivity contribution in [3.63, 3.8) is 0 Å². The van der Waals surface area contributed by atoms with Crippen molar-refractivity contribution in [2.45, 2.75) is 25.3 Å². The van der Waals surface area contributed by atoms with E-state index >= 15 is 0 Å². The lowest BCUT2D eigenvalue weighted by Gasteiger charge is -2.16. The lowest BCUT2D eigenvalue weighted by atomic mass is 10.1. The second-order valence-electron chi connectivity index (χ2n) is 5.66. The molecule has 0 aliphatic carbocycles. The maximum Gasteiger partial charge on any atom is 0.220 e. The standard InChI is InChI=1S/C19H21N3O2/c23-19(11-4-9-16-7-2-1-3-8-16)20-15-17(18-10-5-14-24-18)22-13-6-12-21-22/h1-3,5-8,10,12-14,17H,4,9,11,15H2,(H,20,23). The minimum Gasteiger partial charge on any atom is -0.467 e. The molecule has 1 N–H and O–H groups in total. The van der Waals surface area contributed by atoms with Gasteiger partial charge < -0.3 is 9.73 Å². The van der Waals surface area contributed by atoms with E-state index in [2.05, 4.69) is 22.5 Å². The first-order chi connectivity index (χ1) is 11.8. The van der Waals surface area contributed by atoms with Crippen molar-refractivity contribution in [1.29, 1.82) is 0 Å². The predicted octanol–water partition coefficient (Wildman–Crippen LogP) is 3.20. The van der Waals surface area contributed by atoms with Crippen LogP contribution in [0.1, 0.15) is 30.2 Å². The van der Waals surface area contributed by atoms with Crippen LogP contribution in [0.25, 0.3) is 0 Å². The molecular weight excluding hydrogens is 302 g/mol. The third-order valence-electron chi connectivity index (χ3n) is 3.92. The van der Waals surface area contributed by atoms with Crippen molar-refractivity contribution in [3.8, 4) is 0 Å². The molecule has 5 nitrogen and oxygen atoms in total. The molecule has 2 heterocycles. The van der Waals surface area contributed by atoms with Crippen molar-refractivity contribution in [2.75, 3.05) is 6.54 Å². The Balaban J connectivity index is 1.49. The highest BCUT2D eigenvalue weighted by atomic mass is 16.3. The topological polar surface area (TPSA) is 60.1 Å². The number of carbonyl (C=O) groups is 1. The van der Waals surface area contributed by atoms with Gasteiger partial charge in [-0.05, 0) is 36.6 Å². The summed E-state index contributed by atoms with van der Waals surface area (Å²) < 4.78 is 7.27. The summed E-state index contributed by atoms with van der Waals surface area (Å²) in [5.74, 6) is 0.831. The number of nitrogens with one attached hydrogen (secondary N) is 1. The second kappa shape index (κ2) is 8.15. The number of carbonyl (C=O) groups excluding carboxylic acids is 1. The Kier molecular flexibility index (Phi) is 5.45. The molecule has 1 aromatic carbocycles. The number of benzene rings is 1. The predicted molar refractivity (Wildman–Crippen MR) is 91.5 cm³/mol. The average Bonchev–Trinajstić information content (AvgIpc) is 3.30. The Labute approximate surface area is 141 Å². The molecule has 24 heavy (non-hydrogen) atoms. The average molecular weight is 323 g/mol. The van der Waals surface area contributed by atoms with E-state index in [-0.39, 0.29) is 11.9 Å². The van der Waals surface area contributed by atoms with E-state index in [0.29, 0.717) is 13.0 Å². The van der Waals surface area contributed by atoms with Gasteiger partial charge in [0.15, 0.2) is 0 Å². The van der Waals surface area contributed by atoms with Gasteiger partial charge in [0.2, 0.25) is 5.91 Å². The molecule has 1 unspecified atom stereocenters. The smallest absolute Gasteiger partial charge is 0.220 e. The van der Waals surface area contributed by atoms with Crippen molar-refractivity contribution in [1.82, 2.24) is 15.1 Å². The van der Waals surface area contributed by atoms with Crippen molar-refractivity contribution >= 4 is 5.91 Å². The van der Waals surface area contributed by atoms with Crippen LogP contribution in [0.5, 0.6) is 0 Å². The van der Waals surface area contributed by atoms with Crippen molar-refractivity contribution in [2.24, 2.45) is 0 Å². The summed E-state index contributed by atoms with van der Waals surface area (Å²) in [4.78, 5) is 12.1. The zero-order valence-electron chi connectivity index (χ0n) is 13.5. The van der Waals surface area contributed by atoms with E-state index in [9.17, 15) is 4.79 Å². The summed E-state index contributed by atoms with van der Waals surface area (Å²) >= 11 is 0. The lowest BCUT2D eigenvalue weighted by Crippen LogP contribution is -2.31. The van der Waals surface area contributed by atoms with E-state index < -0.39 is 0 Å². The van der Waals surface area contributed by atoms with Gasteiger partial charge in [-0.1, -0.05) is 30.3 Å². The van der Waals surface area contributed by atoms with Gasteiger partial charge >= 0.3 is 0 Å². The van der Waals surface area contributed by atoms with Gasteiger partial charge in [-0.15, -0.1) is 0 Å². The minimum absolute atomic E-state index is 0.0506. The van der Waals surface area contributed by atoms with E-state index in [0.717, 1.165) is 18.6 Å². The first-order valence-electron chi connectivity index (χ1n) is 8.16. The Bertz CT molecular complexity index is 687. The zero-order valence-corrected chi connectivity index (χ0v) is 13.5. The molecule has 0 saturated heterocycles. The molecule has 3 aromatic rings. The first kappa shape index (κ1) is 16.1. The Morgan fingerprint density at radius 3 is 2.75 bits per heavy atom. The van der Waals surface area contributed by atoms with E-state index in [1.807, 2.05) is 42.6 Å². The highest BCUT2D eigenvalue weighted by Gasteiger charge is 2.17. The lowest BCUT2D eigenvalue weighted by molar-refractivity contribution is -0.121. The minimum atomic E-state index is -0.131. The molecule has 0 aliphatic rings. The molecule has 2 aromatic heterocycles. The molecule has 0 fully saturated rings. The molecule has 0 aliphatic heterocycles. The highest BCUT2D eigenvalue weighted by Crippen LogP contribution is 2.17. The van der Waals surface area contributed by atoms with Crippen LogP contribution in [-0.4, -0.2) is 22.2 Å². The monoisotopic (exact) mass is 323 g/mol. The molecule has 5 heteroatoms. The molecule has 1 amide bonds. The second-order valence-corrected chi connectivity index (χ2v) is 5.66. The molecule has 3 rings (SSSR count). The van der Waals surface area contributed by atoms with Crippen LogP contribution in [0.15, 0.2) is 71.6 Å². The summed E-state index contributed by atoms with van der Waals surface area (Å²) in [5.41, 5.74) is 1.26. The number of furan rings is 1. The summed E-state index contributed by atoms with van der Waals surface area (Å²) in [7, 11) is 0.